The van der Waals surface area contributed by atoms with Gasteiger partial charge in [-0.05, 0) is 0 Å². The molecule has 0 saturated carbocycles. The zero-order chi connectivity index (χ0) is 13.5. The summed E-state index contributed by atoms with van der Waals surface area (Å²) in [5, 5.41) is -0.263. The van der Waals surface area contributed by atoms with Gasteiger partial charge in [0.05, 0.1) is 5.75 Å². The molecular formula is C14H13N2O2S+. The van der Waals surface area contributed by atoms with Gasteiger partial charge in [0.1, 0.15) is 0 Å². The quantitative estimate of drug-likeness (QED) is 0.686. The Morgan fingerprint density at radius 2 is 1.63 bits per heavy atom. The molecule has 1 aromatic heterocycles. The van der Waals surface area contributed by atoms with E-state index in [1.807, 2.05) is 12.1 Å². The van der Waals surface area contributed by atoms with E-state index in [1.54, 1.807) is 53.5 Å². The molecule has 1 heterocycles. The van der Waals surface area contributed by atoms with E-state index in [-0.39, 0.29) is 16.8 Å². The Morgan fingerprint density at radius 1 is 1.00 bits per heavy atom. The van der Waals surface area contributed by atoms with Gasteiger partial charge in [0.15, 0.2) is 18.2 Å². The Bertz CT molecular complexity index is 558. The second kappa shape index (κ2) is 6.70. The minimum absolute atomic E-state index is 0.0567. The summed E-state index contributed by atoms with van der Waals surface area (Å²) in [6, 6.07) is 14.4. The van der Waals surface area contributed by atoms with Gasteiger partial charge in [-0.15, -0.1) is 5.43 Å². The average molecular weight is 273 g/mol. The summed E-state index contributed by atoms with van der Waals surface area (Å²) in [4.78, 5) is 23.4. The van der Waals surface area contributed by atoms with Gasteiger partial charge in [0.25, 0.3) is 0 Å². The number of carbonyl (C=O) groups is 2. The SMILES string of the molecule is O=C(N[n+]1ccccc1)SCC(=O)c1ccccc1. The summed E-state index contributed by atoms with van der Waals surface area (Å²) < 4.78 is 1.54. The van der Waals surface area contributed by atoms with Crippen molar-refractivity contribution in [1.82, 2.24) is 0 Å². The third-order valence-electron chi connectivity index (χ3n) is 2.37. The van der Waals surface area contributed by atoms with Gasteiger partial charge < -0.3 is 0 Å². The van der Waals surface area contributed by atoms with E-state index in [9.17, 15) is 9.59 Å². The van der Waals surface area contributed by atoms with Crippen molar-refractivity contribution < 1.29 is 14.3 Å². The molecule has 0 unspecified atom stereocenters. The molecule has 2 aromatic rings. The number of carbonyl (C=O) groups excluding carboxylic acids is 2. The lowest BCUT2D eigenvalue weighted by Crippen LogP contribution is -2.46. The van der Waals surface area contributed by atoms with E-state index in [1.165, 1.54) is 0 Å². The highest BCUT2D eigenvalue weighted by Crippen LogP contribution is 2.07. The topological polar surface area (TPSA) is 50.1 Å². The summed E-state index contributed by atoms with van der Waals surface area (Å²) in [5.74, 6) is 0.0716. The smallest absolute Gasteiger partial charge is 0.293 e. The molecule has 1 aromatic carbocycles. The van der Waals surface area contributed by atoms with Crippen LogP contribution < -0.4 is 10.1 Å². The van der Waals surface area contributed by atoms with Gasteiger partial charge in [0, 0.05) is 17.7 Å². The van der Waals surface area contributed by atoms with E-state index in [0.29, 0.717) is 5.56 Å². The van der Waals surface area contributed by atoms with Crippen LogP contribution >= 0.6 is 11.8 Å². The van der Waals surface area contributed by atoms with Crippen LogP contribution in [0.4, 0.5) is 4.79 Å². The van der Waals surface area contributed by atoms with Gasteiger partial charge in [-0.1, -0.05) is 52.8 Å². The highest BCUT2D eigenvalue weighted by molar-refractivity contribution is 8.14. The standard InChI is InChI=1S/C14H12N2O2S/c17-13(12-7-3-1-4-8-12)11-19-14(18)15-16-9-5-2-6-10-16/h1-10H,11H2/p+1. The first-order valence-corrected chi connectivity index (χ1v) is 6.72. The molecule has 4 nitrogen and oxygen atoms in total. The highest BCUT2D eigenvalue weighted by Gasteiger charge is 2.12. The number of ketones is 1. The molecule has 19 heavy (non-hydrogen) atoms. The van der Waals surface area contributed by atoms with Crippen LogP contribution in [0.25, 0.3) is 0 Å². The molecule has 0 saturated heterocycles. The maximum absolute atomic E-state index is 11.8. The lowest BCUT2D eigenvalue weighted by atomic mass is 10.2. The van der Waals surface area contributed by atoms with E-state index in [2.05, 4.69) is 5.43 Å². The van der Waals surface area contributed by atoms with Crippen LogP contribution in [0.2, 0.25) is 0 Å². The maximum Gasteiger partial charge on any atom is 0.333 e. The lowest BCUT2D eigenvalue weighted by Gasteiger charge is -2.00. The second-order valence-electron chi connectivity index (χ2n) is 3.76. The monoisotopic (exact) mass is 273 g/mol. The van der Waals surface area contributed by atoms with E-state index in [0.717, 1.165) is 11.8 Å². The summed E-state index contributed by atoms with van der Waals surface area (Å²) >= 11 is 0.954. The zero-order valence-corrected chi connectivity index (χ0v) is 11.0. The van der Waals surface area contributed by atoms with E-state index >= 15 is 0 Å². The fourth-order valence-corrected chi connectivity index (χ4v) is 2.05. The summed E-state index contributed by atoms with van der Waals surface area (Å²) in [5.41, 5.74) is 3.26. The zero-order valence-electron chi connectivity index (χ0n) is 10.2. The minimum atomic E-state index is -0.263. The van der Waals surface area contributed by atoms with Crippen LogP contribution in [0.15, 0.2) is 60.9 Å². The van der Waals surface area contributed by atoms with Gasteiger partial charge in [-0.25, -0.2) is 0 Å². The molecule has 2 rings (SSSR count). The molecule has 1 amide bonds. The van der Waals surface area contributed by atoms with Gasteiger partial charge in [0.2, 0.25) is 0 Å². The predicted molar refractivity (Wildman–Crippen MR) is 74.6 cm³/mol. The van der Waals surface area contributed by atoms with Crippen LogP contribution in [0.5, 0.6) is 0 Å². The number of benzene rings is 1. The third-order valence-corrected chi connectivity index (χ3v) is 3.13. The second-order valence-corrected chi connectivity index (χ2v) is 4.71. The van der Waals surface area contributed by atoms with Gasteiger partial charge in [-0.2, -0.15) is 0 Å². The molecule has 0 fully saturated rings. The molecule has 0 bridgehead atoms. The van der Waals surface area contributed by atoms with Crippen LogP contribution in [0.1, 0.15) is 10.4 Å². The Balaban J connectivity index is 1.83. The van der Waals surface area contributed by atoms with Crippen LogP contribution in [-0.2, 0) is 0 Å². The minimum Gasteiger partial charge on any atom is -0.293 e. The number of amides is 1. The van der Waals surface area contributed by atoms with Crippen molar-refractivity contribution in [3.8, 4) is 0 Å². The van der Waals surface area contributed by atoms with Crippen molar-refractivity contribution in [2.24, 2.45) is 0 Å². The molecule has 1 N–H and O–H groups in total. The molecular weight excluding hydrogens is 260 g/mol. The molecule has 0 atom stereocenters. The lowest BCUT2D eigenvalue weighted by molar-refractivity contribution is -0.640. The van der Waals surface area contributed by atoms with Crippen LogP contribution in [0.3, 0.4) is 0 Å². The van der Waals surface area contributed by atoms with Crippen molar-refractivity contribution in [2.75, 3.05) is 11.2 Å². The molecule has 0 spiro atoms. The molecule has 0 aliphatic carbocycles. The Kier molecular flexibility index (Phi) is 4.69. The fourth-order valence-electron chi connectivity index (χ4n) is 1.45. The predicted octanol–water partition coefficient (Wildman–Crippen LogP) is 2.25. The number of aromatic nitrogens is 1. The van der Waals surface area contributed by atoms with Crippen molar-refractivity contribution in [1.29, 1.82) is 0 Å². The Hall–Kier alpha value is -2.14. The average Bonchev–Trinajstić information content (AvgIpc) is 2.47. The van der Waals surface area contributed by atoms with Crippen molar-refractivity contribution >= 4 is 22.8 Å². The van der Waals surface area contributed by atoms with E-state index < -0.39 is 0 Å². The number of pyridine rings is 1. The van der Waals surface area contributed by atoms with E-state index in [4.69, 9.17) is 0 Å². The Morgan fingerprint density at radius 3 is 2.32 bits per heavy atom. The summed E-state index contributed by atoms with van der Waals surface area (Å²) in [7, 11) is 0. The maximum atomic E-state index is 11.8. The third kappa shape index (κ3) is 4.22. The van der Waals surface area contributed by atoms with Crippen molar-refractivity contribution in [2.45, 2.75) is 0 Å². The number of nitrogens with one attached hydrogen (secondary N) is 1. The number of nitrogens with zero attached hydrogens (tertiary/aromatic N) is 1. The number of rotatable bonds is 4. The summed E-state index contributed by atoms with van der Waals surface area (Å²) in [6.45, 7) is 0. The van der Waals surface area contributed by atoms with Gasteiger partial charge >= 0.3 is 5.24 Å². The fraction of sp³-hybridized carbons (Fsp3) is 0.0714. The first kappa shape index (κ1) is 13.3. The van der Waals surface area contributed by atoms with Crippen LogP contribution in [0, 0.1) is 0 Å². The molecule has 0 radical (unpaired) electrons. The molecule has 0 aliphatic rings. The largest absolute Gasteiger partial charge is 0.333 e. The first-order chi connectivity index (χ1) is 9.25. The van der Waals surface area contributed by atoms with Gasteiger partial charge in [-0.3, -0.25) is 9.59 Å². The normalized spacial score (nSPS) is 9.89. The number of Topliss-reactive ketones (excluding diaryl/α,β-unsaturated/α-hetero) is 1. The van der Waals surface area contributed by atoms with Crippen molar-refractivity contribution in [3.05, 3.63) is 66.5 Å². The molecule has 5 heteroatoms. The number of hydrogen-bond acceptors (Lipinski definition) is 3. The highest BCUT2D eigenvalue weighted by atomic mass is 32.2. The molecule has 96 valence electrons. The molecule has 0 aliphatic heterocycles. The summed E-state index contributed by atoms with van der Waals surface area (Å²) in [6.07, 6.45) is 3.44. The van der Waals surface area contributed by atoms with Crippen molar-refractivity contribution in [3.63, 3.8) is 0 Å². The Labute approximate surface area is 115 Å². The number of thioether (sulfide) groups is 1. The van der Waals surface area contributed by atoms with Crippen LogP contribution in [-0.4, -0.2) is 16.8 Å². The number of hydrogen-bond donors (Lipinski definition) is 1. The first-order valence-electron chi connectivity index (χ1n) is 5.74.